The number of hydrogen-bond acceptors (Lipinski definition) is 3. The number of anilines is 2. The lowest BCUT2D eigenvalue weighted by molar-refractivity contribution is 0.0986. The van der Waals surface area contributed by atoms with Crippen LogP contribution in [0.1, 0.15) is 45.2 Å². The number of nitrogens with zero attached hydrogens (tertiary/aromatic N) is 2. The first-order valence-electron chi connectivity index (χ1n) is 10.8. The number of carbonyl (C=O) groups is 2. The van der Waals surface area contributed by atoms with E-state index in [2.05, 4.69) is 30.4 Å². The van der Waals surface area contributed by atoms with Gasteiger partial charge in [0.2, 0.25) is 0 Å². The van der Waals surface area contributed by atoms with Gasteiger partial charge in [-0.25, -0.2) is 0 Å². The monoisotopic (exact) mass is 481 g/mol. The van der Waals surface area contributed by atoms with Crippen molar-refractivity contribution in [1.29, 1.82) is 0 Å². The Balaban J connectivity index is 1.59. The molecule has 1 heterocycles. The summed E-state index contributed by atoms with van der Waals surface area (Å²) in [6.07, 6.45) is 1.85. The number of halogens is 2. The highest BCUT2D eigenvalue weighted by Crippen LogP contribution is 2.36. The smallest absolute Gasteiger partial charge is 0.259 e. The lowest BCUT2D eigenvalue weighted by Crippen LogP contribution is -2.32. The van der Waals surface area contributed by atoms with E-state index in [1.54, 1.807) is 42.5 Å². The van der Waals surface area contributed by atoms with Gasteiger partial charge in [-0.15, -0.1) is 0 Å². The van der Waals surface area contributed by atoms with Crippen molar-refractivity contribution in [2.75, 3.05) is 30.9 Å². The molecule has 1 atom stereocenters. The van der Waals surface area contributed by atoms with Crippen molar-refractivity contribution < 1.29 is 9.59 Å². The van der Waals surface area contributed by atoms with E-state index in [1.807, 2.05) is 23.1 Å². The number of para-hydroxylation sites is 1. The van der Waals surface area contributed by atoms with Crippen LogP contribution in [-0.4, -0.2) is 37.4 Å². The quantitative estimate of drug-likeness (QED) is 0.476. The van der Waals surface area contributed by atoms with Crippen LogP contribution in [0, 0.1) is 0 Å². The molecule has 0 saturated carbocycles. The summed E-state index contributed by atoms with van der Waals surface area (Å²) in [5.74, 6) is -0.497. The zero-order valence-electron chi connectivity index (χ0n) is 18.5. The molecule has 0 spiro atoms. The Morgan fingerprint density at radius 2 is 1.67 bits per heavy atom. The highest BCUT2D eigenvalue weighted by molar-refractivity contribution is 6.35. The Hall–Kier alpha value is -2.86. The minimum atomic E-state index is -0.341. The summed E-state index contributed by atoms with van der Waals surface area (Å²) in [6.45, 7) is 0.613. The summed E-state index contributed by atoms with van der Waals surface area (Å²) in [5, 5.41) is 3.44. The van der Waals surface area contributed by atoms with Crippen molar-refractivity contribution in [3.63, 3.8) is 0 Å². The standard InChI is InChI=1S/C26H25Cl2N3O2/c1-30(2)23-12-7-15-31(24-11-6-4-9-20(23)24)26(33)19-14-13-17(16-22(19)28)29-25(32)18-8-3-5-10-21(18)27/h3-6,8-11,13-14,16,23H,7,12,15H2,1-2H3,(H,29,32). The van der Waals surface area contributed by atoms with E-state index in [9.17, 15) is 9.59 Å². The molecule has 3 aromatic rings. The predicted molar refractivity (Wildman–Crippen MR) is 135 cm³/mol. The Labute approximate surface area is 203 Å². The van der Waals surface area contributed by atoms with Gasteiger partial charge in [0.25, 0.3) is 11.8 Å². The molecule has 2 amide bonds. The number of amides is 2. The molecule has 33 heavy (non-hydrogen) atoms. The maximum atomic E-state index is 13.5. The van der Waals surface area contributed by atoms with Crippen LogP contribution in [0.4, 0.5) is 11.4 Å². The van der Waals surface area contributed by atoms with Gasteiger partial charge in [0, 0.05) is 24.0 Å². The molecular formula is C26H25Cl2N3O2. The third kappa shape index (κ3) is 4.91. The van der Waals surface area contributed by atoms with Gasteiger partial charge in [0.1, 0.15) is 0 Å². The van der Waals surface area contributed by atoms with E-state index < -0.39 is 0 Å². The van der Waals surface area contributed by atoms with Gasteiger partial charge in [-0.2, -0.15) is 0 Å². The van der Waals surface area contributed by atoms with Gasteiger partial charge in [0.05, 0.1) is 21.2 Å². The predicted octanol–water partition coefficient (Wildman–Crippen LogP) is 6.29. The molecule has 5 nitrogen and oxygen atoms in total. The number of carbonyl (C=O) groups excluding carboxylic acids is 2. The van der Waals surface area contributed by atoms with E-state index >= 15 is 0 Å². The molecule has 4 rings (SSSR count). The second-order valence-corrected chi connectivity index (χ2v) is 9.08. The van der Waals surface area contributed by atoms with E-state index in [0.717, 1.165) is 24.1 Å². The van der Waals surface area contributed by atoms with Crippen LogP contribution in [0.5, 0.6) is 0 Å². The van der Waals surface area contributed by atoms with E-state index in [-0.39, 0.29) is 22.9 Å². The Morgan fingerprint density at radius 1 is 0.939 bits per heavy atom. The molecule has 170 valence electrons. The van der Waals surface area contributed by atoms with Crippen LogP contribution in [0.2, 0.25) is 10.0 Å². The highest BCUT2D eigenvalue weighted by atomic mass is 35.5. The third-order valence-corrected chi connectivity index (χ3v) is 6.53. The molecule has 1 aliphatic heterocycles. The molecule has 0 saturated heterocycles. The largest absolute Gasteiger partial charge is 0.322 e. The van der Waals surface area contributed by atoms with Gasteiger partial charge in [-0.3, -0.25) is 9.59 Å². The second-order valence-electron chi connectivity index (χ2n) is 8.27. The molecule has 7 heteroatoms. The number of nitrogens with one attached hydrogen (secondary N) is 1. The van der Waals surface area contributed by atoms with Gasteiger partial charge in [0.15, 0.2) is 0 Å². The maximum absolute atomic E-state index is 13.5. The van der Waals surface area contributed by atoms with Crippen molar-refractivity contribution in [2.24, 2.45) is 0 Å². The molecule has 1 unspecified atom stereocenters. The first-order chi connectivity index (χ1) is 15.9. The Morgan fingerprint density at radius 3 is 2.39 bits per heavy atom. The van der Waals surface area contributed by atoms with Crippen molar-refractivity contribution in [3.8, 4) is 0 Å². The molecule has 0 radical (unpaired) electrons. The zero-order valence-corrected chi connectivity index (χ0v) is 20.0. The summed E-state index contributed by atoms with van der Waals surface area (Å²) in [5.41, 5.74) is 3.29. The zero-order chi connectivity index (χ0) is 23.5. The minimum absolute atomic E-state index is 0.157. The highest BCUT2D eigenvalue weighted by Gasteiger charge is 2.28. The van der Waals surface area contributed by atoms with Crippen LogP contribution in [0.15, 0.2) is 66.7 Å². The topological polar surface area (TPSA) is 52.6 Å². The average Bonchev–Trinajstić information content (AvgIpc) is 2.99. The first-order valence-corrected chi connectivity index (χ1v) is 11.5. The van der Waals surface area contributed by atoms with Crippen molar-refractivity contribution in [3.05, 3.63) is 93.5 Å². The number of rotatable bonds is 4. The van der Waals surface area contributed by atoms with Crippen LogP contribution in [-0.2, 0) is 0 Å². The molecule has 0 bridgehead atoms. The van der Waals surface area contributed by atoms with Crippen molar-refractivity contribution in [2.45, 2.75) is 18.9 Å². The molecule has 1 N–H and O–H groups in total. The maximum Gasteiger partial charge on any atom is 0.259 e. The fourth-order valence-corrected chi connectivity index (χ4v) is 4.72. The molecule has 3 aromatic carbocycles. The normalized spacial score (nSPS) is 15.7. The summed E-state index contributed by atoms with van der Waals surface area (Å²) in [6, 6.07) is 20.0. The van der Waals surface area contributed by atoms with E-state index in [0.29, 0.717) is 28.4 Å². The fraction of sp³-hybridized carbons (Fsp3) is 0.231. The Kier molecular flexibility index (Phi) is 7.03. The van der Waals surface area contributed by atoms with Crippen molar-refractivity contribution in [1.82, 2.24) is 4.90 Å². The first kappa shape index (κ1) is 23.3. The summed E-state index contributed by atoms with van der Waals surface area (Å²) >= 11 is 12.6. The lowest BCUT2D eigenvalue weighted by Gasteiger charge is -2.27. The van der Waals surface area contributed by atoms with Gasteiger partial charge < -0.3 is 15.1 Å². The molecular weight excluding hydrogens is 457 g/mol. The summed E-state index contributed by atoms with van der Waals surface area (Å²) in [7, 11) is 4.12. The van der Waals surface area contributed by atoms with Crippen LogP contribution in [0.25, 0.3) is 0 Å². The molecule has 0 aliphatic carbocycles. The average molecular weight is 482 g/mol. The van der Waals surface area contributed by atoms with Crippen LogP contribution < -0.4 is 10.2 Å². The van der Waals surface area contributed by atoms with E-state index in [4.69, 9.17) is 23.2 Å². The van der Waals surface area contributed by atoms with E-state index in [1.165, 1.54) is 0 Å². The summed E-state index contributed by atoms with van der Waals surface area (Å²) < 4.78 is 0. The lowest BCUT2D eigenvalue weighted by atomic mass is 10.0. The second kappa shape index (κ2) is 9.96. The Bertz CT molecular complexity index is 1200. The summed E-state index contributed by atoms with van der Waals surface area (Å²) in [4.78, 5) is 30.1. The molecule has 0 aromatic heterocycles. The SMILES string of the molecule is CN(C)C1CCCN(C(=O)c2ccc(NC(=O)c3ccccc3Cl)cc2Cl)c2ccccc21. The van der Waals surface area contributed by atoms with Gasteiger partial charge in [-0.05, 0) is 68.9 Å². The third-order valence-electron chi connectivity index (χ3n) is 5.89. The van der Waals surface area contributed by atoms with Crippen LogP contribution >= 0.6 is 23.2 Å². The van der Waals surface area contributed by atoms with Gasteiger partial charge >= 0.3 is 0 Å². The number of fused-ring (bicyclic) bond motifs is 1. The minimum Gasteiger partial charge on any atom is -0.322 e. The molecule has 0 fully saturated rings. The van der Waals surface area contributed by atoms with Gasteiger partial charge in [-0.1, -0.05) is 53.5 Å². The fourth-order valence-electron chi connectivity index (χ4n) is 4.24. The number of benzene rings is 3. The number of hydrogen-bond donors (Lipinski definition) is 1. The molecule has 1 aliphatic rings. The van der Waals surface area contributed by atoms with Crippen LogP contribution in [0.3, 0.4) is 0 Å². The van der Waals surface area contributed by atoms with Crippen molar-refractivity contribution >= 4 is 46.4 Å².